The minimum absolute atomic E-state index is 0.142. The maximum absolute atomic E-state index is 12.4. The van der Waals surface area contributed by atoms with Crippen molar-refractivity contribution >= 4 is 28.0 Å². The van der Waals surface area contributed by atoms with E-state index < -0.39 is 11.5 Å². The highest BCUT2D eigenvalue weighted by atomic mass is 16.6. The van der Waals surface area contributed by atoms with Crippen LogP contribution in [0, 0.1) is 0 Å². The van der Waals surface area contributed by atoms with Crippen molar-refractivity contribution in [3.8, 4) is 11.5 Å². The summed E-state index contributed by atoms with van der Waals surface area (Å²) in [6, 6.07) is 12.1. The monoisotopic (exact) mass is 378 g/mol. The fourth-order valence-corrected chi connectivity index (χ4v) is 3.10. The molecule has 8 heteroatoms. The van der Waals surface area contributed by atoms with Gasteiger partial charge in [-0.25, -0.2) is 9.78 Å². The maximum Gasteiger partial charge on any atom is 0.338 e. The van der Waals surface area contributed by atoms with Crippen LogP contribution in [0.2, 0.25) is 0 Å². The molecule has 4 aromatic rings. The van der Waals surface area contributed by atoms with Gasteiger partial charge in [-0.3, -0.25) is 4.79 Å². The number of H-pyrrole nitrogens is 1. The molecule has 8 nitrogen and oxygen atoms in total. The summed E-state index contributed by atoms with van der Waals surface area (Å²) in [5.74, 6) is 0.760. The molecular formula is C20H14N2O6. The fraction of sp³-hybridized carbons (Fsp3) is 0.150. The summed E-state index contributed by atoms with van der Waals surface area (Å²) >= 11 is 0. The number of nitrogens with one attached hydrogen (secondary N) is 1. The Hall–Kier alpha value is -3.81. The Labute approximate surface area is 157 Å². The quantitative estimate of drug-likeness (QED) is 0.547. The number of furan rings is 1. The number of carbonyl (C=O) groups is 1. The summed E-state index contributed by atoms with van der Waals surface area (Å²) in [6.07, 6.45) is 0. The normalized spacial score (nSPS) is 13.0. The highest BCUT2D eigenvalue weighted by molar-refractivity contribution is 6.01. The summed E-state index contributed by atoms with van der Waals surface area (Å²) in [4.78, 5) is 31.6. The molecule has 5 rings (SSSR count). The largest absolute Gasteiger partial charge is 0.486 e. The zero-order valence-electron chi connectivity index (χ0n) is 14.6. The van der Waals surface area contributed by atoms with Crippen LogP contribution in [0.5, 0.6) is 11.5 Å². The molecule has 0 saturated heterocycles. The highest BCUT2D eigenvalue weighted by Crippen LogP contribution is 2.31. The van der Waals surface area contributed by atoms with E-state index in [2.05, 4.69) is 9.97 Å². The first kappa shape index (κ1) is 16.4. The van der Waals surface area contributed by atoms with E-state index in [0.29, 0.717) is 41.4 Å². The van der Waals surface area contributed by atoms with E-state index in [1.807, 2.05) is 18.2 Å². The number of nitrogens with zero attached hydrogens (tertiary/aromatic N) is 1. The molecule has 3 heterocycles. The Morgan fingerprint density at radius 3 is 2.82 bits per heavy atom. The lowest BCUT2D eigenvalue weighted by molar-refractivity contribution is 0.0461. The van der Waals surface area contributed by atoms with Crippen molar-refractivity contribution in [2.24, 2.45) is 0 Å². The van der Waals surface area contributed by atoms with Gasteiger partial charge in [0, 0.05) is 5.39 Å². The van der Waals surface area contributed by atoms with Crippen LogP contribution in [0.1, 0.15) is 16.2 Å². The molecule has 0 spiro atoms. The Balaban J connectivity index is 1.40. The number of esters is 1. The van der Waals surface area contributed by atoms with Crippen LogP contribution in [0.3, 0.4) is 0 Å². The molecule has 0 radical (unpaired) electrons. The van der Waals surface area contributed by atoms with Crippen molar-refractivity contribution in [1.82, 2.24) is 9.97 Å². The van der Waals surface area contributed by atoms with Crippen LogP contribution in [-0.4, -0.2) is 29.2 Å². The SMILES string of the molecule is O=C(OCc1nc2c(oc3ccccc32)c(=O)[nH]1)c1ccc2c(c1)OCCO2. The molecule has 28 heavy (non-hydrogen) atoms. The van der Waals surface area contributed by atoms with E-state index >= 15 is 0 Å². The smallest absolute Gasteiger partial charge is 0.338 e. The number of carbonyl (C=O) groups excluding carboxylic acids is 1. The summed E-state index contributed by atoms with van der Waals surface area (Å²) in [7, 11) is 0. The van der Waals surface area contributed by atoms with Gasteiger partial charge in [0.15, 0.2) is 11.5 Å². The average Bonchev–Trinajstić information content (AvgIpc) is 3.11. The predicted molar refractivity (Wildman–Crippen MR) is 98.7 cm³/mol. The Morgan fingerprint density at radius 2 is 1.93 bits per heavy atom. The van der Waals surface area contributed by atoms with Crippen molar-refractivity contribution in [3.05, 3.63) is 64.2 Å². The standard InChI is InChI=1S/C20H14N2O6/c23-19-18-17(12-3-1-2-4-13(12)28-18)21-16(22-19)10-27-20(24)11-5-6-14-15(9-11)26-8-7-25-14/h1-6,9H,7-8,10H2,(H,21,22,23). The first-order chi connectivity index (χ1) is 13.7. The molecule has 1 N–H and O–H groups in total. The Kier molecular flexibility index (Phi) is 3.75. The molecule has 0 saturated carbocycles. The number of benzene rings is 2. The summed E-state index contributed by atoms with van der Waals surface area (Å²) in [6.45, 7) is 0.717. The van der Waals surface area contributed by atoms with E-state index in [1.165, 1.54) is 0 Å². The predicted octanol–water partition coefficient (Wildman–Crippen LogP) is 2.80. The molecule has 0 fully saturated rings. The van der Waals surface area contributed by atoms with Crippen molar-refractivity contribution in [2.45, 2.75) is 6.61 Å². The van der Waals surface area contributed by atoms with Crippen molar-refractivity contribution in [2.75, 3.05) is 13.2 Å². The van der Waals surface area contributed by atoms with Crippen LogP contribution in [-0.2, 0) is 11.3 Å². The number of hydrogen-bond acceptors (Lipinski definition) is 7. The lowest BCUT2D eigenvalue weighted by Crippen LogP contribution is -2.16. The molecule has 2 aromatic carbocycles. The maximum atomic E-state index is 12.4. The molecule has 2 aromatic heterocycles. The Bertz CT molecular complexity index is 1270. The van der Waals surface area contributed by atoms with Gasteiger partial charge in [-0.1, -0.05) is 12.1 Å². The van der Waals surface area contributed by atoms with Crippen molar-refractivity contribution in [1.29, 1.82) is 0 Å². The second-order valence-electron chi connectivity index (χ2n) is 6.22. The average molecular weight is 378 g/mol. The van der Waals surface area contributed by atoms with Crippen molar-refractivity contribution < 1.29 is 23.4 Å². The fourth-order valence-electron chi connectivity index (χ4n) is 3.10. The molecular weight excluding hydrogens is 364 g/mol. The first-order valence-corrected chi connectivity index (χ1v) is 8.66. The highest BCUT2D eigenvalue weighted by Gasteiger charge is 2.17. The topological polar surface area (TPSA) is 104 Å². The van der Waals surface area contributed by atoms with Gasteiger partial charge in [-0.15, -0.1) is 0 Å². The second kappa shape index (κ2) is 6.41. The third-order valence-electron chi connectivity index (χ3n) is 4.40. The minimum atomic E-state index is -0.559. The molecule has 0 unspecified atom stereocenters. The summed E-state index contributed by atoms with van der Waals surface area (Å²) < 4.78 is 21.7. The van der Waals surface area contributed by atoms with E-state index in [-0.39, 0.29) is 18.0 Å². The molecule has 0 bridgehead atoms. The molecule has 140 valence electrons. The number of rotatable bonds is 3. The number of para-hydroxylation sites is 1. The molecule has 0 atom stereocenters. The lowest BCUT2D eigenvalue weighted by atomic mass is 10.2. The van der Waals surface area contributed by atoms with Gasteiger partial charge < -0.3 is 23.6 Å². The lowest BCUT2D eigenvalue weighted by Gasteiger charge is -2.18. The van der Waals surface area contributed by atoms with E-state index in [1.54, 1.807) is 24.3 Å². The van der Waals surface area contributed by atoms with Gasteiger partial charge in [0.2, 0.25) is 5.58 Å². The van der Waals surface area contributed by atoms with Crippen LogP contribution < -0.4 is 15.0 Å². The molecule has 1 aliphatic heterocycles. The van der Waals surface area contributed by atoms with E-state index in [4.69, 9.17) is 18.6 Å². The van der Waals surface area contributed by atoms with Crippen LogP contribution in [0.4, 0.5) is 0 Å². The minimum Gasteiger partial charge on any atom is -0.486 e. The van der Waals surface area contributed by atoms with Gasteiger partial charge in [0.25, 0.3) is 5.56 Å². The summed E-state index contributed by atoms with van der Waals surface area (Å²) in [5, 5.41) is 0.725. The second-order valence-corrected chi connectivity index (χ2v) is 6.22. The number of fused-ring (bicyclic) bond motifs is 4. The molecule has 1 aliphatic rings. The van der Waals surface area contributed by atoms with Gasteiger partial charge >= 0.3 is 5.97 Å². The number of ether oxygens (including phenoxy) is 3. The Morgan fingerprint density at radius 1 is 1.11 bits per heavy atom. The zero-order valence-corrected chi connectivity index (χ0v) is 14.6. The summed E-state index contributed by atoms with van der Waals surface area (Å²) in [5.41, 5.74) is 1.04. The third kappa shape index (κ3) is 2.75. The van der Waals surface area contributed by atoms with Crippen molar-refractivity contribution in [3.63, 3.8) is 0 Å². The van der Waals surface area contributed by atoms with Gasteiger partial charge in [0.1, 0.15) is 36.7 Å². The number of aromatic nitrogens is 2. The van der Waals surface area contributed by atoms with E-state index in [9.17, 15) is 9.59 Å². The number of hydrogen-bond donors (Lipinski definition) is 1. The van der Waals surface area contributed by atoms with Gasteiger partial charge in [-0.2, -0.15) is 0 Å². The third-order valence-corrected chi connectivity index (χ3v) is 4.40. The molecule has 0 aliphatic carbocycles. The van der Waals surface area contributed by atoms with Gasteiger partial charge in [-0.05, 0) is 30.3 Å². The zero-order chi connectivity index (χ0) is 19.1. The molecule has 0 amide bonds. The van der Waals surface area contributed by atoms with Crippen LogP contribution in [0.25, 0.3) is 22.1 Å². The van der Waals surface area contributed by atoms with Crippen LogP contribution >= 0.6 is 0 Å². The van der Waals surface area contributed by atoms with Crippen LogP contribution in [0.15, 0.2) is 51.7 Å². The number of aromatic amines is 1. The van der Waals surface area contributed by atoms with Gasteiger partial charge in [0.05, 0.1) is 5.56 Å². The first-order valence-electron chi connectivity index (χ1n) is 8.66. The van der Waals surface area contributed by atoms with E-state index in [0.717, 1.165) is 5.39 Å².